The summed E-state index contributed by atoms with van der Waals surface area (Å²) in [7, 11) is 1.95. The number of nitrogens with one attached hydrogen (secondary N) is 1. The maximum absolute atomic E-state index is 13.3. The van der Waals surface area contributed by atoms with Gasteiger partial charge in [0.2, 0.25) is 18.2 Å². The van der Waals surface area contributed by atoms with Crippen molar-refractivity contribution in [1.29, 1.82) is 5.26 Å². The summed E-state index contributed by atoms with van der Waals surface area (Å²) >= 11 is 0. The Bertz CT molecular complexity index is 1120. The number of nitrogens with zero attached hydrogens (tertiary/aromatic N) is 5. The number of amides is 3. The Morgan fingerprint density at radius 1 is 1.08 bits per heavy atom. The molecule has 0 radical (unpaired) electrons. The molecule has 4 rings (SSSR count). The number of hydrogen-bond donors (Lipinski definition) is 1. The number of nitriles is 1. The van der Waals surface area contributed by atoms with Crippen molar-refractivity contribution in [3.8, 4) is 6.07 Å². The highest BCUT2D eigenvalue weighted by Gasteiger charge is 2.49. The molecular weight excluding hydrogens is 492 g/mol. The fourth-order valence-electron chi connectivity index (χ4n) is 5.01. The molecule has 2 aliphatic rings. The molecule has 2 aromatic carbocycles. The number of benzene rings is 2. The van der Waals surface area contributed by atoms with E-state index in [1.165, 1.54) is 21.1 Å². The molecule has 0 bridgehead atoms. The first kappa shape index (κ1) is 29.8. The minimum atomic E-state index is -0.574. The molecule has 0 spiro atoms. The van der Waals surface area contributed by atoms with Gasteiger partial charge in [-0.15, -0.1) is 0 Å². The van der Waals surface area contributed by atoms with Crippen molar-refractivity contribution in [3.63, 3.8) is 0 Å². The van der Waals surface area contributed by atoms with E-state index in [-0.39, 0.29) is 31.4 Å². The summed E-state index contributed by atoms with van der Waals surface area (Å²) in [6.07, 6.45) is 3.10. The van der Waals surface area contributed by atoms with E-state index in [1.54, 1.807) is 9.80 Å². The van der Waals surface area contributed by atoms with Gasteiger partial charge in [-0.1, -0.05) is 79.9 Å². The molecule has 0 saturated carbocycles. The van der Waals surface area contributed by atoms with Crippen molar-refractivity contribution in [1.82, 2.24) is 25.1 Å². The van der Waals surface area contributed by atoms with Crippen LogP contribution in [0.5, 0.6) is 0 Å². The SMILES string of the molecule is CCCC[C@H]1C(=O)N(CCc2ccc(C)cc2)CC2N1C(=O)CN(CC#N)N2C=O.CNCc1ccccc1. The maximum Gasteiger partial charge on any atom is 0.245 e. The number of fused-ring (bicyclic) bond motifs is 1. The molecule has 2 aliphatic heterocycles. The molecule has 1 unspecified atom stereocenters. The van der Waals surface area contributed by atoms with Gasteiger partial charge in [0.15, 0.2) is 0 Å². The van der Waals surface area contributed by atoms with Crippen LogP contribution in [0.4, 0.5) is 0 Å². The van der Waals surface area contributed by atoms with Crippen LogP contribution in [0, 0.1) is 18.3 Å². The van der Waals surface area contributed by atoms with Gasteiger partial charge in [0.25, 0.3) is 0 Å². The zero-order valence-corrected chi connectivity index (χ0v) is 23.3. The normalized spacial score (nSPS) is 19.2. The zero-order chi connectivity index (χ0) is 28.2. The summed E-state index contributed by atoms with van der Waals surface area (Å²) < 4.78 is 0. The zero-order valence-electron chi connectivity index (χ0n) is 23.3. The summed E-state index contributed by atoms with van der Waals surface area (Å²) in [5.74, 6) is -0.263. The topological polar surface area (TPSA) is 100.0 Å². The Hall–Kier alpha value is -3.74. The highest BCUT2D eigenvalue weighted by molar-refractivity contribution is 5.90. The van der Waals surface area contributed by atoms with E-state index in [1.807, 2.05) is 57.3 Å². The lowest BCUT2D eigenvalue weighted by atomic mass is 10.0. The second-order valence-corrected chi connectivity index (χ2v) is 9.94. The Kier molecular flexibility index (Phi) is 11.5. The lowest BCUT2D eigenvalue weighted by Gasteiger charge is -2.54. The molecule has 2 saturated heterocycles. The summed E-state index contributed by atoms with van der Waals surface area (Å²) in [5, 5.41) is 15.0. The highest BCUT2D eigenvalue weighted by Crippen LogP contribution is 2.28. The molecule has 2 fully saturated rings. The standard InChI is InChI=1S/C22H29N5O3.C8H11N/c1-3-4-5-19-22(30)24(12-10-18-8-6-17(2)7-9-18)14-20-26(16-28)25(13-11-23)15-21(29)27(19)20;1-9-7-8-5-3-2-4-6-8/h6-9,16,19-20H,3-5,10,12-15H2,1-2H3;2-6,9H,7H2,1H3/t19-,20?;/m0./s1. The van der Waals surface area contributed by atoms with Crippen LogP contribution in [-0.2, 0) is 27.3 Å². The smallest absolute Gasteiger partial charge is 0.245 e. The van der Waals surface area contributed by atoms with Crippen LogP contribution in [0.25, 0.3) is 0 Å². The number of hydrazine groups is 1. The van der Waals surface area contributed by atoms with Gasteiger partial charge in [0.05, 0.1) is 19.2 Å². The quantitative estimate of drug-likeness (QED) is 0.373. The highest BCUT2D eigenvalue weighted by atomic mass is 16.2. The van der Waals surface area contributed by atoms with E-state index in [0.29, 0.717) is 25.8 Å². The average molecular weight is 533 g/mol. The molecule has 2 heterocycles. The third-order valence-electron chi connectivity index (χ3n) is 7.08. The van der Waals surface area contributed by atoms with Gasteiger partial charge in [0, 0.05) is 13.1 Å². The van der Waals surface area contributed by atoms with Crippen LogP contribution < -0.4 is 5.32 Å². The van der Waals surface area contributed by atoms with E-state index in [2.05, 4.69) is 29.6 Å². The molecule has 208 valence electrons. The Balaban J connectivity index is 0.000000395. The number of carbonyl (C=O) groups is 3. The van der Waals surface area contributed by atoms with Gasteiger partial charge in [-0.05, 0) is 37.9 Å². The Morgan fingerprint density at radius 3 is 2.41 bits per heavy atom. The molecule has 9 nitrogen and oxygen atoms in total. The second kappa shape index (κ2) is 15.0. The Morgan fingerprint density at radius 2 is 1.79 bits per heavy atom. The number of hydrogen-bond acceptors (Lipinski definition) is 6. The van der Waals surface area contributed by atoms with Crippen LogP contribution in [0.2, 0.25) is 0 Å². The minimum absolute atomic E-state index is 0.0498. The van der Waals surface area contributed by atoms with Crippen molar-refractivity contribution >= 4 is 18.2 Å². The van der Waals surface area contributed by atoms with E-state index in [9.17, 15) is 14.4 Å². The number of aryl methyl sites for hydroxylation is 1. The predicted octanol–water partition coefficient (Wildman–Crippen LogP) is 2.71. The predicted molar refractivity (Wildman–Crippen MR) is 150 cm³/mol. The van der Waals surface area contributed by atoms with Gasteiger partial charge in [-0.25, -0.2) is 0 Å². The largest absolute Gasteiger partial charge is 0.337 e. The second-order valence-electron chi connectivity index (χ2n) is 9.94. The van der Waals surface area contributed by atoms with Gasteiger partial charge in [0.1, 0.15) is 18.8 Å². The molecule has 39 heavy (non-hydrogen) atoms. The van der Waals surface area contributed by atoms with Crippen LogP contribution in [-0.4, -0.2) is 83.5 Å². The van der Waals surface area contributed by atoms with Gasteiger partial charge < -0.3 is 15.1 Å². The first-order valence-electron chi connectivity index (χ1n) is 13.6. The van der Waals surface area contributed by atoms with Gasteiger partial charge in [-0.3, -0.25) is 19.4 Å². The molecule has 2 atom stereocenters. The van der Waals surface area contributed by atoms with E-state index >= 15 is 0 Å². The third-order valence-corrected chi connectivity index (χ3v) is 7.08. The number of piperazine rings is 1. The summed E-state index contributed by atoms with van der Waals surface area (Å²) in [4.78, 5) is 41.3. The molecule has 2 aromatic rings. The first-order chi connectivity index (χ1) is 18.9. The number of rotatable bonds is 10. The molecule has 0 aromatic heterocycles. The molecule has 1 N–H and O–H groups in total. The maximum atomic E-state index is 13.3. The average Bonchev–Trinajstić information content (AvgIpc) is 2.94. The Labute approximate surface area is 231 Å². The molecule has 9 heteroatoms. The lowest BCUT2D eigenvalue weighted by Crippen LogP contribution is -2.74. The van der Waals surface area contributed by atoms with Crippen LogP contribution in [0.15, 0.2) is 54.6 Å². The number of unbranched alkanes of at least 4 members (excludes halogenated alkanes) is 1. The molecule has 0 aliphatic carbocycles. The van der Waals surface area contributed by atoms with Crippen molar-refractivity contribution in [2.45, 2.75) is 58.3 Å². The lowest BCUT2D eigenvalue weighted by molar-refractivity contribution is -0.198. The van der Waals surface area contributed by atoms with Crippen LogP contribution in [0.3, 0.4) is 0 Å². The van der Waals surface area contributed by atoms with E-state index in [4.69, 9.17) is 5.26 Å². The van der Waals surface area contributed by atoms with Crippen LogP contribution in [0.1, 0.15) is 42.9 Å². The van der Waals surface area contributed by atoms with E-state index < -0.39 is 12.2 Å². The fourth-order valence-corrected chi connectivity index (χ4v) is 5.01. The van der Waals surface area contributed by atoms with Crippen LogP contribution >= 0.6 is 0 Å². The van der Waals surface area contributed by atoms with Crippen molar-refractivity contribution < 1.29 is 14.4 Å². The minimum Gasteiger partial charge on any atom is -0.337 e. The number of carbonyl (C=O) groups excluding carboxylic acids is 3. The van der Waals surface area contributed by atoms with Crippen molar-refractivity contribution in [2.75, 3.05) is 33.2 Å². The summed E-state index contributed by atoms with van der Waals surface area (Å²) in [6.45, 7) is 5.69. The van der Waals surface area contributed by atoms with Crippen molar-refractivity contribution in [3.05, 3.63) is 71.3 Å². The van der Waals surface area contributed by atoms with Gasteiger partial charge >= 0.3 is 0 Å². The van der Waals surface area contributed by atoms with Gasteiger partial charge in [-0.2, -0.15) is 10.3 Å². The summed E-state index contributed by atoms with van der Waals surface area (Å²) in [6, 6.07) is 20.0. The first-order valence-corrected chi connectivity index (χ1v) is 13.6. The van der Waals surface area contributed by atoms with Crippen molar-refractivity contribution in [2.24, 2.45) is 0 Å². The third kappa shape index (κ3) is 7.88. The molecule has 3 amide bonds. The summed E-state index contributed by atoms with van der Waals surface area (Å²) in [5.41, 5.74) is 3.65. The van der Waals surface area contributed by atoms with E-state index in [0.717, 1.165) is 24.9 Å². The fraction of sp³-hybridized carbons (Fsp3) is 0.467. The molecular formula is C30H40N6O3. The monoisotopic (exact) mass is 532 g/mol.